The number of aromatic nitrogens is 1. The molecule has 2 nitrogen and oxygen atoms in total. The number of hydrogen-bond acceptors (Lipinski definition) is 3. The monoisotopic (exact) mass is 238 g/mol. The molecule has 1 atom stereocenters. The van der Waals surface area contributed by atoms with Gasteiger partial charge < -0.3 is 5.32 Å². The van der Waals surface area contributed by atoms with Crippen molar-refractivity contribution in [3.63, 3.8) is 0 Å². The summed E-state index contributed by atoms with van der Waals surface area (Å²) in [5.74, 6) is 1.66. The van der Waals surface area contributed by atoms with E-state index in [1.807, 2.05) is 18.4 Å². The van der Waals surface area contributed by atoms with Gasteiger partial charge in [-0.25, -0.2) is 4.98 Å². The van der Waals surface area contributed by atoms with Crippen molar-refractivity contribution in [2.24, 2.45) is 5.92 Å². The van der Waals surface area contributed by atoms with Gasteiger partial charge in [0.15, 0.2) is 0 Å². The van der Waals surface area contributed by atoms with E-state index >= 15 is 0 Å². The lowest BCUT2D eigenvalue weighted by Gasteiger charge is -2.24. The molecule has 1 N–H and O–H groups in total. The van der Waals surface area contributed by atoms with Crippen LogP contribution in [0.2, 0.25) is 0 Å². The summed E-state index contributed by atoms with van der Waals surface area (Å²) in [5, 5.41) is 4.64. The Morgan fingerprint density at radius 3 is 2.69 bits per heavy atom. The molecule has 1 saturated carbocycles. The molecule has 0 bridgehead atoms. The summed E-state index contributed by atoms with van der Waals surface area (Å²) in [5.41, 5.74) is 0. The molecule has 0 spiro atoms. The number of nitrogens with one attached hydrogen (secondary N) is 1. The lowest BCUT2D eigenvalue weighted by molar-refractivity contribution is 0.347. The maximum Gasteiger partial charge on any atom is 0.0959 e. The summed E-state index contributed by atoms with van der Waals surface area (Å²) in [7, 11) is 2.01. The molecule has 0 aliphatic heterocycles. The first-order chi connectivity index (χ1) is 7.70. The highest BCUT2D eigenvalue weighted by atomic mass is 32.1. The lowest BCUT2D eigenvalue weighted by Crippen LogP contribution is -2.11. The highest BCUT2D eigenvalue weighted by Crippen LogP contribution is 2.37. The highest BCUT2D eigenvalue weighted by molar-refractivity contribution is 7.11. The minimum atomic E-state index is 0.439. The Morgan fingerprint density at radius 1 is 1.38 bits per heavy atom. The molecule has 16 heavy (non-hydrogen) atoms. The molecule has 1 aliphatic rings. The summed E-state index contributed by atoms with van der Waals surface area (Å²) < 4.78 is 0. The molecule has 0 saturated heterocycles. The normalized spacial score (nSPS) is 27.9. The lowest BCUT2D eigenvalue weighted by atomic mass is 9.83. The van der Waals surface area contributed by atoms with Crippen LogP contribution in [0.5, 0.6) is 0 Å². The van der Waals surface area contributed by atoms with Gasteiger partial charge in [0.2, 0.25) is 0 Å². The summed E-state index contributed by atoms with van der Waals surface area (Å²) in [4.78, 5) is 5.98. The smallest absolute Gasteiger partial charge is 0.0959 e. The number of nitrogens with zero attached hydrogens (tertiary/aromatic N) is 1. The van der Waals surface area contributed by atoms with E-state index in [1.54, 1.807) is 0 Å². The van der Waals surface area contributed by atoms with Gasteiger partial charge >= 0.3 is 0 Å². The van der Waals surface area contributed by atoms with Crippen molar-refractivity contribution >= 4 is 11.3 Å². The zero-order chi connectivity index (χ0) is 11.5. The molecule has 90 valence electrons. The van der Waals surface area contributed by atoms with Crippen molar-refractivity contribution in [2.75, 3.05) is 7.05 Å². The summed E-state index contributed by atoms with van der Waals surface area (Å²) in [6.45, 7) is 4.56. The average Bonchev–Trinajstić information content (AvgIpc) is 2.78. The topological polar surface area (TPSA) is 24.9 Å². The Kier molecular flexibility index (Phi) is 3.98. The van der Waals surface area contributed by atoms with E-state index in [2.05, 4.69) is 30.3 Å². The third-order valence-corrected chi connectivity index (χ3v) is 5.11. The van der Waals surface area contributed by atoms with E-state index in [-0.39, 0.29) is 0 Å². The van der Waals surface area contributed by atoms with Crippen LogP contribution in [0.25, 0.3) is 0 Å². The van der Waals surface area contributed by atoms with E-state index in [0.29, 0.717) is 6.04 Å². The van der Waals surface area contributed by atoms with Crippen LogP contribution < -0.4 is 5.32 Å². The van der Waals surface area contributed by atoms with E-state index in [4.69, 9.17) is 0 Å². The van der Waals surface area contributed by atoms with Gasteiger partial charge in [-0.3, -0.25) is 0 Å². The zero-order valence-corrected chi connectivity index (χ0v) is 11.3. The van der Waals surface area contributed by atoms with Crippen LogP contribution in [0.3, 0.4) is 0 Å². The summed E-state index contributed by atoms with van der Waals surface area (Å²) >= 11 is 1.90. The largest absolute Gasteiger partial charge is 0.312 e. The zero-order valence-electron chi connectivity index (χ0n) is 10.5. The van der Waals surface area contributed by atoms with E-state index in [9.17, 15) is 0 Å². The average molecular weight is 238 g/mol. The molecular weight excluding hydrogens is 216 g/mol. The van der Waals surface area contributed by atoms with Crippen molar-refractivity contribution in [3.05, 3.63) is 16.1 Å². The first kappa shape index (κ1) is 12.1. The standard InChI is InChI=1S/C13H22N2S/c1-9-4-6-11(7-5-9)13-15-8-12(16-13)10(2)14-3/h8-11,14H,4-7H2,1-3H3. The van der Waals surface area contributed by atoms with E-state index < -0.39 is 0 Å². The fourth-order valence-electron chi connectivity index (χ4n) is 2.34. The SMILES string of the molecule is CNC(C)c1cnc(C2CCC(C)CC2)s1. The molecule has 1 heterocycles. The van der Waals surface area contributed by atoms with Crippen LogP contribution in [-0.2, 0) is 0 Å². The fraction of sp³-hybridized carbons (Fsp3) is 0.769. The Hall–Kier alpha value is -0.410. The van der Waals surface area contributed by atoms with E-state index in [1.165, 1.54) is 35.6 Å². The highest BCUT2D eigenvalue weighted by Gasteiger charge is 2.22. The predicted molar refractivity (Wildman–Crippen MR) is 70.0 cm³/mol. The van der Waals surface area contributed by atoms with Crippen molar-refractivity contribution in [3.8, 4) is 0 Å². The second-order valence-electron chi connectivity index (χ2n) is 5.07. The van der Waals surface area contributed by atoms with Gasteiger partial charge in [0.05, 0.1) is 5.01 Å². The van der Waals surface area contributed by atoms with E-state index in [0.717, 1.165) is 11.8 Å². The van der Waals surface area contributed by atoms with Crippen molar-refractivity contribution in [1.29, 1.82) is 0 Å². The van der Waals surface area contributed by atoms with Crippen LogP contribution in [-0.4, -0.2) is 12.0 Å². The number of hydrogen-bond donors (Lipinski definition) is 1. The number of thiazole rings is 1. The molecule has 0 amide bonds. The quantitative estimate of drug-likeness (QED) is 0.868. The molecule has 0 aromatic carbocycles. The summed E-state index contributed by atoms with van der Waals surface area (Å²) in [6, 6.07) is 0.439. The number of rotatable bonds is 3. The van der Waals surface area contributed by atoms with Gasteiger partial charge in [-0.1, -0.05) is 19.8 Å². The van der Waals surface area contributed by atoms with Crippen molar-refractivity contribution < 1.29 is 0 Å². The minimum Gasteiger partial charge on any atom is -0.312 e. The molecule has 1 aromatic heterocycles. The molecule has 1 unspecified atom stereocenters. The molecule has 2 rings (SSSR count). The van der Waals surface area contributed by atoms with Gasteiger partial charge in [0, 0.05) is 23.0 Å². The van der Waals surface area contributed by atoms with Crippen LogP contribution in [0, 0.1) is 5.92 Å². The maximum atomic E-state index is 4.61. The van der Waals surface area contributed by atoms with Gasteiger partial charge in [-0.05, 0) is 32.7 Å². The van der Waals surface area contributed by atoms with Crippen molar-refractivity contribution in [1.82, 2.24) is 10.3 Å². The first-order valence-electron chi connectivity index (χ1n) is 6.33. The Balaban J connectivity index is 2.01. The summed E-state index contributed by atoms with van der Waals surface area (Å²) in [6.07, 6.45) is 7.48. The third-order valence-electron chi connectivity index (χ3n) is 3.77. The van der Waals surface area contributed by atoms with Crippen LogP contribution in [0.1, 0.15) is 61.4 Å². The minimum absolute atomic E-state index is 0.439. The molecule has 1 fully saturated rings. The molecule has 1 aromatic rings. The Bertz CT molecular complexity index is 326. The predicted octanol–water partition coefficient (Wildman–Crippen LogP) is 3.72. The van der Waals surface area contributed by atoms with Crippen LogP contribution in [0.15, 0.2) is 6.20 Å². The molecule has 0 radical (unpaired) electrons. The Labute approximate surface area is 102 Å². The van der Waals surface area contributed by atoms with Gasteiger partial charge in [-0.2, -0.15) is 0 Å². The van der Waals surface area contributed by atoms with Crippen molar-refractivity contribution in [2.45, 2.75) is 51.5 Å². The van der Waals surface area contributed by atoms with Gasteiger partial charge in [0.25, 0.3) is 0 Å². The molecule has 3 heteroatoms. The van der Waals surface area contributed by atoms with Gasteiger partial charge in [0.1, 0.15) is 0 Å². The second-order valence-corrected chi connectivity index (χ2v) is 6.16. The first-order valence-corrected chi connectivity index (χ1v) is 7.15. The third kappa shape index (κ3) is 2.64. The van der Waals surface area contributed by atoms with Crippen LogP contribution >= 0.6 is 11.3 Å². The van der Waals surface area contributed by atoms with Crippen LogP contribution in [0.4, 0.5) is 0 Å². The Morgan fingerprint density at radius 2 is 2.06 bits per heavy atom. The molecular formula is C13H22N2S. The molecule has 1 aliphatic carbocycles. The fourth-order valence-corrected chi connectivity index (χ4v) is 3.49. The second kappa shape index (κ2) is 5.28. The maximum absolute atomic E-state index is 4.61. The van der Waals surface area contributed by atoms with Gasteiger partial charge in [-0.15, -0.1) is 11.3 Å².